The molecule has 1 aliphatic rings. The number of amides is 2. The third-order valence-corrected chi connectivity index (χ3v) is 4.49. The minimum absolute atomic E-state index is 0.0637. The Morgan fingerprint density at radius 2 is 1.92 bits per heavy atom. The number of thioether (sulfide) groups is 1. The van der Waals surface area contributed by atoms with Crippen LogP contribution in [0.3, 0.4) is 0 Å². The molecule has 0 saturated carbocycles. The van der Waals surface area contributed by atoms with Crippen LogP contribution in [0.5, 0.6) is 0 Å². The number of hydrogen-bond donors (Lipinski definition) is 1. The first-order valence-electron chi connectivity index (χ1n) is 7.93. The zero-order chi connectivity index (χ0) is 17.9. The molecule has 0 radical (unpaired) electrons. The van der Waals surface area contributed by atoms with Crippen LogP contribution in [-0.2, 0) is 9.59 Å². The largest absolute Gasteiger partial charge is 0.431 e. The van der Waals surface area contributed by atoms with E-state index in [1.165, 1.54) is 16.8 Å². The number of carbonyl (C=O) groups is 2. The maximum absolute atomic E-state index is 12.1. The molecule has 0 saturated heterocycles. The topological polar surface area (TPSA) is 87.8 Å². The Hall–Kier alpha value is -3.13. The Morgan fingerprint density at radius 3 is 2.73 bits per heavy atom. The lowest BCUT2D eigenvalue weighted by Crippen LogP contribution is -2.31. The van der Waals surface area contributed by atoms with Gasteiger partial charge in [0.05, 0.1) is 17.9 Å². The monoisotopic (exact) mass is 366 g/mol. The molecule has 1 N–H and O–H groups in total. The molecule has 4 rings (SSSR count). The van der Waals surface area contributed by atoms with E-state index in [0.29, 0.717) is 22.3 Å². The summed E-state index contributed by atoms with van der Waals surface area (Å²) >= 11 is 1.19. The molecule has 1 aliphatic heterocycles. The molecule has 3 aromatic rings. The fourth-order valence-corrected chi connectivity index (χ4v) is 3.15. The molecule has 130 valence electrons. The molecule has 2 amide bonds. The molecule has 0 unspecified atom stereocenters. The summed E-state index contributed by atoms with van der Waals surface area (Å²) in [6.45, 7) is 0. The number of anilines is 1. The number of carbonyl (C=O) groups excluding carboxylic acids is 2. The van der Waals surface area contributed by atoms with E-state index >= 15 is 0 Å². The maximum atomic E-state index is 12.1. The van der Waals surface area contributed by atoms with Crippen molar-refractivity contribution < 1.29 is 14.0 Å². The second-order valence-electron chi connectivity index (χ2n) is 5.55. The van der Waals surface area contributed by atoms with Gasteiger partial charge in [0.25, 0.3) is 11.1 Å². The second kappa shape index (κ2) is 7.01. The van der Waals surface area contributed by atoms with Crippen LogP contribution >= 0.6 is 11.8 Å². The lowest BCUT2D eigenvalue weighted by atomic mass is 10.3. The van der Waals surface area contributed by atoms with Gasteiger partial charge in [-0.2, -0.15) is 10.1 Å². The molecule has 8 heteroatoms. The molecular weight excluding hydrogens is 352 g/mol. The highest BCUT2D eigenvalue weighted by atomic mass is 32.2. The number of benzene rings is 2. The van der Waals surface area contributed by atoms with Crippen molar-refractivity contribution in [1.29, 1.82) is 0 Å². The highest BCUT2D eigenvalue weighted by molar-refractivity contribution is 7.99. The summed E-state index contributed by atoms with van der Waals surface area (Å²) in [6.07, 6.45) is 0.0637. The number of nitrogens with zero attached hydrogens (tertiary/aromatic N) is 3. The van der Waals surface area contributed by atoms with E-state index in [-0.39, 0.29) is 24.0 Å². The number of oxazole rings is 1. The van der Waals surface area contributed by atoms with Crippen molar-refractivity contribution in [2.45, 2.75) is 11.6 Å². The highest BCUT2D eigenvalue weighted by Gasteiger charge is 2.26. The standard InChI is InChI=1S/C18H14N4O3S/c23-16(11-26-18-19-13-8-4-5-9-14(13)25-18)20-15-10-17(24)22(21-15)12-6-2-1-3-7-12/h1-9H,10-11H2,(H,20,21,23). The first-order valence-corrected chi connectivity index (χ1v) is 8.91. The van der Waals surface area contributed by atoms with Gasteiger partial charge in [-0.1, -0.05) is 42.1 Å². The zero-order valence-corrected chi connectivity index (χ0v) is 14.4. The summed E-state index contributed by atoms with van der Waals surface area (Å²) in [4.78, 5) is 28.5. The third kappa shape index (κ3) is 3.45. The number of hydrogen-bond acceptors (Lipinski definition) is 6. The second-order valence-corrected chi connectivity index (χ2v) is 6.48. The predicted molar refractivity (Wildman–Crippen MR) is 98.9 cm³/mol. The summed E-state index contributed by atoms with van der Waals surface area (Å²) in [5, 5.41) is 8.58. The predicted octanol–water partition coefficient (Wildman–Crippen LogP) is 2.79. The first kappa shape index (κ1) is 16.3. The molecule has 0 fully saturated rings. The van der Waals surface area contributed by atoms with Crippen LogP contribution in [0.2, 0.25) is 0 Å². The minimum Gasteiger partial charge on any atom is -0.431 e. The summed E-state index contributed by atoms with van der Waals surface area (Å²) in [7, 11) is 0. The Labute approximate surface area is 153 Å². The number of amidine groups is 1. The van der Waals surface area contributed by atoms with E-state index in [4.69, 9.17) is 4.42 Å². The van der Waals surface area contributed by atoms with Crippen LogP contribution in [0.15, 0.2) is 69.3 Å². The van der Waals surface area contributed by atoms with E-state index in [2.05, 4.69) is 15.4 Å². The fourth-order valence-electron chi connectivity index (χ4n) is 2.51. The van der Waals surface area contributed by atoms with Gasteiger partial charge in [0, 0.05) is 0 Å². The van der Waals surface area contributed by atoms with Gasteiger partial charge in [-0.15, -0.1) is 0 Å². The van der Waals surface area contributed by atoms with E-state index in [9.17, 15) is 9.59 Å². The van der Waals surface area contributed by atoms with Crippen LogP contribution in [0.4, 0.5) is 5.69 Å². The molecule has 0 aliphatic carbocycles. The van der Waals surface area contributed by atoms with Gasteiger partial charge in [-0.05, 0) is 24.3 Å². The highest BCUT2D eigenvalue weighted by Crippen LogP contribution is 2.23. The Balaban J connectivity index is 1.36. The van der Waals surface area contributed by atoms with Crippen molar-refractivity contribution in [3.05, 3.63) is 54.6 Å². The minimum atomic E-state index is -0.265. The normalized spacial score (nSPS) is 13.9. The maximum Gasteiger partial charge on any atom is 0.257 e. The average molecular weight is 366 g/mol. The van der Waals surface area contributed by atoms with E-state index < -0.39 is 0 Å². The van der Waals surface area contributed by atoms with Crippen LogP contribution in [0.25, 0.3) is 11.1 Å². The van der Waals surface area contributed by atoms with Gasteiger partial charge >= 0.3 is 0 Å². The Morgan fingerprint density at radius 1 is 1.15 bits per heavy atom. The van der Waals surface area contributed by atoms with Crippen molar-refractivity contribution in [1.82, 2.24) is 10.3 Å². The molecule has 0 atom stereocenters. The Bertz CT molecular complexity index is 967. The molecule has 2 heterocycles. The summed E-state index contributed by atoms with van der Waals surface area (Å²) in [5.74, 6) is 0.00425. The van der Waals surface area contributed by atoms with Crippen LogP contribution < -0.4 is 10.3 Å². The number of para-hydroxylation sites is 3. The lowest BCUT2D eigenvalue weighted by molar-refractivity contribution is -0.117. The van der Waals surface area contributed by atoms with Gasteiger partial charge in [0.15, 0.2) is 5.58 Å². The Kier molecular flexibility index (Phi) is 4.40. The lowest BCUT2D eigenvalue weighted by Gasteiger charge is -2.10. The first-order chi connectivity index (χ1) is 12.7. The zero-order valence-electron chi connectivity index (χ0n) is 13.6. The van der Waals surface area contributed by atoms with E-state index in [1.807, 2.05) is 42.5 Å². The number of aromatic nitrogens is 1. The summed E-state index contributed by atoms with van der Waals surface area (Å²) in [5.41, 5.74) is 2.10. The average Bonchev–Trinajstić information content (AvgIpc) is 3.23. The fraction of sp³-hybridized carbons (Fsp3) is 0.111. The summed E-state index contributed by atoms with van der Waals surface area (Å²) in [6, 6.07) is 16.5. The molecule has 0 spiro atoms. The van der Waals surface area contributed by atoms with Crippen molar-refractivity contribution in [2.24, 2.45) is 5.10 Å². The SMILES string of the molecule is O=C(CSc1nc2ccccc2o1)NC1=NN(c2ccccc2)C(=O)C1. The van der Waals surface area contributed by atoms with Crippen LogP contribution in [0, 0.1) is 0 Å². The van der Waals surface area contributed by atoms with Crippen LogP contribution in [-0.4, -0.2) is 28.4 Å². The molecule has 7 nitrogen and oxygen atoms in total. The van der Waals surface area contributed by atoms with E-state index in [1.54, 1.807) is 12.1 Å². The van der Waals surface area contributed by atoms with Crippen molar-refractivity contribution in [3.63, 3.8) is 0 Å². The van der Waals surface area contributed by atoms with Gasteiger partial charge in [0.2, 0.25) is 5.91 Å². The van der Waals surface area contributed by atoms with E-state index in [0.717, 1.165) is 5.52 Å². The molecular formula is C18H14N4O3S. The van der Waals surface area contributed by atoms with Gasteiger partial charge in [0.1, 0.15) is 11.4 Å². The number of hydrazone groups is 1. The summed E-state index contributed by atoms with van der Waals surface area (Å²) < 4.78 is 5.56. The van der Waals surface area contributed by atoms with Gasteiger partial charge < -0.3 is 9.73 Å². The van der Waals surface area contributed by atoms with Gasteiger partial charge in [-0.25, -0.2) is 4.98 Å². The number of rotatable bonds is 4. The van der Waals surface area contributed by atoms with Crippen molar-refractivity contribution in [3.8, 4) is 0 Å². The number of nitrogens with one attached hydrogen (secondary N) is 1. The van der Waals surface area contributed by atoms with Crippen LogP contribution in [0.1, 0.15) is 6.42 Å². The third-order valence-electron chi connectivity index (χ3n) is 3.66. The smallest absolute Gasteiger partial charge is 0.257 e. The van der Waals surface area contributed by atoms with Crippen molar-refractivity contribution in [2.75, 3.05) is 10.8 Å². The van der Waals surface area contributed by atoms with Gasteiger partial charge in [-0.3, -0.25) is 9.59 Å². The molecule has 0 bridgehead atoms. The molecule has 1 aromatic heterocycles. The number of fused-ring (bicyclic) bond motifs is 1. The quantitative estimate of drug-likeness (QED) is 0.718. The van der Waals surface area contributed by atoms with Crippen molar-refractivity contribution >= 4 is 46.2 Å². The molecule has 2 aromatic carbocycles. The molecule has 26 heavy (non-hydrogen) atoms.